The number of nitrogens with zero attached hydrogens (tertiary/aromatic N) is 1. The van der Waals surface area contributed by atoms with Crippen LogP contribution in [0.15, 0.2) is 66.7 Å². The number of anilines is 1. The van der Waals surface area contributed by atoms with Gasteiger partial charge in [-0.05, 0) is 59.0 Å². The Morgan fingerprint density at radius 3 is 2.72 bits per heavy atom. The van der Waals surface area contributed by atoms with Crippen molar-refractivity contribution in [3.05, 3.63) is 94.8 Å². The molecule has 1 amide bonds. The van der Waals surface area contributed by atoms with Gasteiger partial charge in [0.25, 0.3) is 0 Å². The van der Waals surface area contributed by atoms with E-state index in [9.17, 15) is 14.3 Å². The first kappa shape index (κ1) is 19.2. The zero-order valence-corrected chi connectivity index (χ0v) is 16.1. The van der Waals surface area contributed by atoms with Crippen LogP contribution in [0.1, 0.15) is 22.3 Å². The SMILES string of the molecule is O=C(Cc1ccccc1F)Nc1ccc2c(c1)CN(Cc1cccc(O)c1)CC2. The zero-order chi connectivity index (χ0) is 20.2. The summed E-state index contributed by atoms with van der Waals surface area (Å²) in [6.45, 7) is 2.49. The molecule has 0 fully saturated rings. The molecule has 0 atom stereocenters. The lowest BCUT2D eigenvalue weighted by molar-refractivity contribution is -0.115. The molecule has 0 aliphatic carbocycles. The molecule has 0 aromatic heterocycles. The molecule has 29 heavy (non-hydrogen) atoms. The van der Waals surface area contributed by atoms with Gasteiger partial charge in [-0.3, -0.25) is 9.69 Å². The van der Waals surface area contributed by atoms with Gasteiger partial charge >= 0.3 is 0 Å². The highest BCUT2D eigenvalue weighted by Gasteiger charge is 2.17. The maximum atomic E-state index is 13.8. The number of nitrogens with one attached hydrogen (secondary N) is 1. The Kier molecular flexibility index (Phi) is 5.58. The topological polar surface area (TPSA) is 52.6 Å². The molecule has 0 unspecified atom stereocenters. The van der Waals surface area contributed by atoms with E-state index in [0.717, 1.165) is 37.3 Å². The van der Waals surface area contributed by atoms with Crippen LogP contribution in [0.25, 0.3) is 0 Å². The summed E-state index contributed by atoms with van der Waals surface area (Å²) in [5.41, 5.74) is 4.65. The van der Waals surface area contributed by atoms with Crippen LogP contribution in [0.5, 0.6) is 5.75 Å². The number of halogens is 1. The fourth-order valence-electron chi connectivity index (χ4n) is 3.76. The molecule has 4 rings (SSSR count). The molecule has 5 heteroatoms. The number of amides is 1. The molecule has 1 heterocycles. The number of hydrogen-bond acceptors (Lipinski definition) is 3. The van der Waals surface area contributed by atoms with Crippen LogP contribution >= 0.6 is 0 Å². The van der Waals surface area contributed by atoms with Gasteiger partial charge in [0.2, 0.25) is 5.91 Å². The molecule has 0 saturated carbocycles. The van der Waals surface area contributed by atoms with E-state index in [0.29, 0.717) is 5.56 Å². The molecule has 4 nitrogen and oxygen atoms in total. The van der Waals surface area contributed by atoms with Crippen LogP contribution in [0.2, 0.25) is 0 Å². The van der Waals surface area contributed by atoms with Gasteiger partial charge in [0.1, 0.15) is 11.6 Å². The smallest absolute Gasteiger partial charge is 0.228 e. The van der Waals surface area contributed by atoms with Gasteiger partial charge in [-0.1, -0.05) is 36.4 Å². The number of carbonyl (C=O) groups is 1. The first-order valence-electron chi connectivity index (χ1n) is 9.72. The predicted octanol–water partition coefficient (Wildman–Crippen LogP) is 4.27. The van der Waals surface area contributed by atoms with Crippen molar-refractivity contribution in [2.45, 2.75) is 25.9 Å². The van der Waals surface area contributed by atoms with Crippen molar-refractivity contribution in [1.82, 2.24) is 4.90 Å². The Bertz CT molecular complexity index is 1030. The molecule has 0 radical (unpaired) electrons. The highest BCUT2D eigenvalue weighted by Crippen LogP contribution is 2.24. The summed E-state index contributed by atoms with van der Waals surface area (Å²) in [5.74, 6) is -0.321. The summed E-state index contributed by atoms with van der Waals surface area (Å²) in [7, 11) is 0. The van der Waals surface area contributed by atoms with Gasteiger partial charge in [-0.25, -0.2) is 4.39 Å². The van der Waals surface area contributed by atoms with Crippen LogP contribution < -0.4 is 5.32 Å². The Hall–Kier alpha value is -3.18. The van der Waals surface area contributed by atoms with Crippen LogP contribution in [0.4, 0.5) is 10.1 Å². The van der Waals surface area contributed by atoms with Crippen molar-refractivity contribution in [3.63, 3.8) is 0 Å². The molecule has 1 aliphatic rings. The monoisotopic (exact) mass is 390 g/mol. The minimum Gasteiger partial charge on any atom is -0.508 e. The number of hydrogen-bond donors (Lipinski definition) is 2. The lowest BCUT2D eigenvalue weighted by atomic mass is 9.98. The molecule has 0 bridgehead atoms. The Morgan fingerprint density at radius 1 is 1.03 bits per heavy atom. The maximum Gasteiger partial charge on any atom is 0.228 e. The van der Waals surface area contributed by atoms with Crippen molar-refractivity contribution in [2.24, 2.45) is 0 Å². The average molecular weight is 390 g/mol. The first-order chi connectivity index (χ1) is 14.1. The second-order valence-electron chi connectivity index (χ2n) is 7.43. The summed E-state index contributed by atoms with van der Waals surface area (Å²) in [6, 6.07) is 19.6. The number of fused-ring (bicyclic) bond motifs is 1. The van der Waals surface area contributed by atoms with E-state index in [-0.39, 0.29) is 23.9 Å². The number of benzene rings is 3. The molecule has 1 aliphatic heterocycles. The van der Waals surface area contributed by atoms with E-state index < -0.39 is 0 Å². The molecule has 0 spiro atoms. The summed E-state index contributed by atoms with van der Waals surface area (Å²) < 4.78 is 13.8. The minimum absolute atomic E-state index is 0.00732. The highest BCUT2D eigenvalue weighted by molar-refractivity contribution is 5.92. The van der Waals surface area contributed by atoms with Crippen molar-refractivity contribution < 1.29 is 14.3 Å². The third-order valence-corrected chi connectivity index (χ3v) is 5.21. The maximum absolute atomic E-state index is 13.8. The quantitative estimate of drug-likeness (QED) is 0.684. The van der Waals surface area contributed by atoms with Crippen LogP contribution in [-0.4, -0.2) is 22.5 Å². The van der Waals surface area contributed by atoms with Crippen molar-refractivity contribution in [2.75, 3.05) is 11.9 Å². The average Bonchev–Trinajstić information content (AvgIpc) is 2.69. The van der Waals surface area contributed by atoms with E-state index in [4.69, 9.17) is 0 Å². The largest absolute Gasteiger partial charge is 0.508 e. The van der Waals surface area contributed by atoms with Crippen molar-refractivity contribution >= 4 is 11.6 Å². The van der Waals surface area contributed by atoms with E-state index in [2.05, 4.69) is 16.3 Å². The highest BCUT2D eigenvalue weighted by atomic mass is 19.1. The molecule has 3 aromatic rings. The summed E-state index contributed by atoms with van der Waals surface area (Å²) in [4.78, 5) is 14.6. The van der Waals surface area contributed by atoms with E-state index >= 15 is 0 Å². The van der Waals surface area contributed by atoms with E-state index in [1.807, 2.05) is 24.3 Å². The van der Waals surface area contributed by atoms with Gasteiger partial charge in [0.15, 0.2) is 0 Å². The molecule has 0 saturated heterocycles. The van der Waals surface area contributed by atoms with Gasteiger partial charge in [0.05, 0.1) is 6.42 Å². The predicted molar refractivity (Wildman–Crippen MR) is 111 cm³/mol. The van der Waals surface area contributed by atoms with Gasteiger partial charge < -0.3 is 10.4 Å². The first-order valence-corrected chi connectivity index (χ1v) is 9.72. The second kappa shape index (κ2) is 8.45. The number of aromatic hydroxyl groups is 1. The van der Waals surface area contributed by atoms with Crippen molar-refractivity contribution in [3.8, 4) is 5.75 Å². The lowest BCUT2D eigenvalue weighted by Crippen LogP contribution is -2.30. The van der Waals surface area contributed by atoms with E-state index in [1.165, 1.54) is 17.2 Å². The number of phenols is 1. The number of carbonyl (C=O) groups excluding carboxylic acids is 1. The second-order valence-corrected chi connectivity index (χ2v) is 7.43. The van der Waals surface area contributed by atoms with Gasteiger partial charge in [-0.2, -0.15) is 0 Å². The number of phenolic OH excluding ortho intramolecular Hbond substituents is 1. The Balaban J connectivity index is 1.42. The van der Waals surface area contributed by atoms with Crippen LogP contribution in [0.3, 0.4) is 0 Å². The van der Waals surface area contributed by atoms with E-state index in [1.54, 1.807) is 30.3 Å². The molecule has 148 valence electrons. The van der Waals surface area contributed by atoms with Gasteiger partial charge in [0, 0.05) is 25.3 Å². The van der Waals surface area contributed by atoms with Gasteiger partial charge in [-0.15, -0.1) is 0 Å². The van der Waals surface area contributed by atoms with Crippen LogP contribution in [0, 0.1) is 5.82 Å². The summed E-state index contributed by atoms with van der Waals surface area (Å²) >= 11 is 0. The third-order valence-electron chi connectivity index (χ3n) is 5.21. The van der Waals surface area contributed by atoms with Crippen LogP contribution in [-0.2, 0) is 30.7 Å². The molecular weight excluding hydrogens is 367 g/mol. The molecular formula is C24H23FN2O2. The summed E-state index contributed by atoms with van der Waals surface area (Å²) in [5, 5.41) is 12.5. The fraction of sp³-hybridized carbons (Fsp3) is 0.208. The lowest BCUT2D eigenvalue weighted by Gasteiger charge is -2.29. The Labute approximate surface area is 169 Å². The van der Waals surface area contributed by atoms with Crippen molar-refractivity contribution in [1.29, 1.82) is 0 Å². The standard InChI is InChI=1S/C24H23FN2O2/c25-23-7-2-1-5-19(23)14-24(29)26-21-9-8-18-10-11-27(16-20(18)13-21)15-17-4-3-6-22(28)12-17/h1-9,12-13,28H,10-11,14-16H2,(H,26,29). The normalized spacial score (nSPS) is 13.7. The molecule has 3 aromatic carbocycles. The zero-order valence-electron chi connectivity index (χ0n) is 16.1. The fourth-order valence-corrected chi connectivity index (χ4v) is 3.76. The Morgan fingerprint density at radius 2 is 1.90 bits per heavy atom. The summed E-state index contributed by atoms with van der Waals surface area (Å²) in [6.07, 6.45) is 0.949. The number of rotatable bonds is 5. The third kappa shape index (κ3) is 4.81. The minimum atomic E-state index is -0.365. The molecule has 2 N–H and O–H groups in total.